The second-order valence-corrected chi connectivity index (χ2v) is 3.02. The van der Waals surface area contributed by atoms with Crippen LogP contribution < -0.4 is 16.9 Å². The quantitative estimate of drug-likeness (QED) is 0.139. The Balaban J connectivity index is 4.31. The van der Waals surface area contributed by atoms with E-state index >= 15 is 0 Å². The predicted molar refractivity (Wildman–Crippen MR) is 56.1 cm³/mol. The molecule has 0 fully saturated rings. The minimum atomic E-state index is -1.18. The van der Waals surface area contributed by atoms with Crippen LogP contribution >= 0.6 is 0 Å². The van der Waals surface area contributed by atoms with Gasteiger partial charge in [-0.1, -0.05) is 5.43 Å². The van der Waals surface area contributed by atoms with Crippen molar-refractivity contribution in [1.29, 1.82) is 0 Å². The molecule has 9 heteroatoms. The molecule has 0 spiro atoms. The summed E-state index contributed by atoms with van der Waals surface area (Å²) in [6.45, 7) is 0.457. The molecule has 92 valence electrons. The zero-order valence-corrected chi connectivity index (χ0v) is 8.63. The molecule has 0 radical (unpaired) electrons. The van der Waals surface area contributed by atoms with E-state index in [9.17, 15) is 14.9 Å². The van der Waals surface area contributed by atoms with Gasteiger partial charge in [-0.3, -0.25) is 0 Å². The van der Waals surface area contributed by atoms with Crippen LogP contribution in [-0.4, -0.2) is 34.7 Å². The maximum Gasteiger partial charge on any atom is 0.328 e. The molecular weight excluding hydrogens is 218 g/mol. The molecule has 0 aliphatic rings. The number of carboxylic acids is 1. The molecule has 0 saturated carbocycles. The third-order valence-electron chi connectivity index (χ3n) is 1.72. The van der Waals surface area contributed by atoms with Crippen LogP contribution in [-0.2, 0) is 4.79 Å². The Bertz CT molecular complexity index is 280. The number of aliphatic imine (C=N–C) groups is 1. The average molecular weight is 233 g/mol. The molecule has 0 saturated heterocycles. The van der Waals surface area contributed by atoms with Crippen LogP contribution in [0.15, 0.2) is 4.99 Å². The van der Waals surface area contributed by atoms with Gasteiger partial charge in [0.25, 0.3) is 5.96 Å². The van der Waals surface area contributed by atoms with E-state index in [2.05, 4.69) is 4.99 Å². The molecule has 0 aromatic carbocycles. The number of guanidine groups is 1. The zero-order chi connectivity index (χ0) is 12.6. The lowest BCUT2D eigenvalue weighted by Gasteiger charge is -2.07. The van der Waals surface area contributed by atoms with Gasteiger partial charge in [0.2, 0.25) is 0 Å². The fraction of sp³-hybridized carbons (Fsp3) is 0.714. The predicted octanol–water partition coefficient (Wildman–Crippen LogP) is -1.34. The van der Waals surface area contributed by atoms with Gasteiger partial charge < -0.3 is 16.6 Å². The average Bonchev–Trinajstić information content (AvgIpc) is 2.15. The van der Waals surface area contributed by atoms with Crippen molar-refractivity contribution in [2.45, 2.75) is 25.3 Å². The van der Waals surface area contributed by atoms with Gasteiger partial charge in [-0.05, 0) is 25.8 Å². The van der Waals surface area contributed by atoms with Crippen molar-refractivity contribution in [3.05, 3.63) is 10.1 Å². The smallest absolute Gasteiger partial charge is 0.328 e. The molecule has 0 bridgehead atoms. The number of carbonyl (C=O) groups is 1. The van der Waals surface area contributed by atoms with E-state index in [1.165, 1.54) is 0 Å². The highest BCUT2D eigenvalue weighted by molar-refractivity contribution is 5.82. The molecule has 16 heavy (non-hydrogen) atoms. The molecule has 6 N–H and O–H groups in total. The first-order valence-electron chi connectivity index (χ1n) is 4.64. The number of hydrazine groups is 1. The van der Waals surface area contributed by atoms with Crippen LogP contribution in [0.5, 0.6) is 0 Å². The lowest BCUT2D eigenvalue weighted by atomic mass is 10.1. The first-order chi connectivity index (χ1) is 7.47. The second kappa shape index (κ2) is 7.40. The summed E-state index contributed by atoms with van der Waals surface area (Å²) >= 11 is 0. The lowest BCUT2D eigenvalue weighted by Crippen LogP contribution is -2.38. The molecule has 0 heterocycles. The van der Waals surface area contributed by atoms with Crippen LogP contribution in [0.25, 0.3) is 0 Å². The first-order valence-corrected chi connectivity index (χ1v) is 4.64. The number of carboxylic acid groups (broad SMARTS) is 1. The highest BCUT2D eigenvalue weighted by atomic mass is 16.7. The monoisotopic (exact) mass is 233 g/mol. The summed E-state index contributed by atoms with van der Waals surface area (Å²) in [5, 5.41) is 17.9. The van der Waals surface area contributed by atoms with Gasteiger partial charge in [-0.2, -0.15) is 0 Å². The molecule has 0 aromatic heterocycles. The molecule has 1 atom stereocenters. The standard InChI is InChI=1S/C7H15N5O4/c8-4-2-1-3-5(6(13)14)10-7(9)11-12(15)16/h5H,1-4,8H2,(H,13,14)(H3,9,10,11)/t5-/m0/s1. The second-order valence-electron chi connectivity index (χ2n) is 3.02. The van der Waals surface area contributed by atoms with Crippen molar-refractivity contribution < 1.29 is 14.9 Å². The Hall–Kier alpha value is -1.90. The van der Waals surface area contributed by atoms with E-state index in [4.69, 9.17) is 16.6 Å². The summed E-state index contributed by atoms with van der Waals surface area (Å²) < 4.78 is 0. The third kappa shape index (κ3) is 6.54. The number of unbranched alkanes of at least 4 members (excludes halogenated alkanes) is 1. The Kier molecular flexibility index (Phi) is 6.52. The van der Waals surface area contributed by atoms with Crippen LogP contribution in [0.1, 0.15) is 19.3 Å². The summed E-state index contributed by atoms with van der Waals surface area (Å²) in [7, 11) is 0. The summed E-state index contributed by atoms with van der Waals surface area (Å²) in [6.07, 6.45) is 1.48. The molecule has 0 aromatic rings. The van der Waals surface area contributed by atoms with Crippen LogP contribution in [0, 0.1) is 10.1 Å². The number of nitrogens with two attached hydrogens (primary N) is 2. The van der Waals surface area contributed by atoms with Crippen LogP contribution in [0.3, 0.4) is 0 Å². The van der Waals surface area contributed by atoms with Gasteiger partial charge >= 0.3 is 5.97 Å². The third-order valence-corrected chi connectivity index (χ3v) is 1.72. The Labute approximate surface area is 91.6 Å². The summed E-state index contributed by atoms with van der Waals surface area (Å²) in [4.78, 5) is 24.2. The lowest BCUT2D eigenvalue weighted by molar-refractivity contribution is -0.525. The minimum absolute atomic E-state index is 0.243. The van der Waals surface area contributed by atoms with Crippen molar-refractivity contribution >= 4 is 11.9 Å². The number of hydrogen-bond donors (Lipinski definition) is 4. The van der Waals surface area contributed by atoms with E-state index in [-0.39, 0.29) is 6.42 Å². The molecule has 0 unspecified atom stereocenters. The highest BCUT2D eigenvalue weighted by Crippen LogP contribution is 2.04. The number of nitrogens with one attached hydrogen (secondary N) is 1. The maximum absolute atomic E-state index is 10.7. The van der Waals surface area contributed by atoms with Gasteiger partial charge in [0, 0.05) is 0 Å². The van der Waals surface area contributed by atoms with Crippen molar-refractivity contribution in [2.24, 2.45) is 16.5 Å². The van der Waals surface area contributed by atoms with Crippen molar-refractivity contribution in [3.8, 4) is 0 Å². The molecule has 0 amide bonds. The van der Waals surface area contributed by atoms with E-state index in [0.717, 1.165) is 0 Å². The van der Waals surface area contributed by atoms with Crippen LogP contribution in [0.2, 0.25) is 0 Å². The maximum atomic E-state index is 10.7. The SMILES string of the molecule is NCCCC[C@H](N=C(N)N[N+](=O)[O-])C(=O)O. The molecule has 9 nitrogen and oxygen atoms in total. The topological polar surface area (TPSA) is 157 Å². The van der Waals surface area contributed by atoms with Gasteiger partial charge in [-0.25, -0.2) is 19.9 Å². The Morgan fingerprint density at radius 2 is 2.19 bits per heavy atom. The van der Waals surface area contributed by atoms with Gasteiger partial charge in [0.05, 0.1) is 0 Å². The highest BCUT2D eigenvalue weighted by Gasteiger charge is 2.16. The molecule has 0 aliphatic carbocycles. The number of nitro groups is 1. The van der Waals surface area contributed by atoms with E-state index in [1.807, 2.05) is 0 Å². The largest absolute Gasteiger partial charge is 0.480 e. The van der Waals surface area contributed by atoms with Crippen LogP contribution in [0.4, 0.5) is 0 Å². The number of rotatable bonds is 7. The molecule has 0 aliphatic heterocycles. The van der Waals surface area contributed by atoms with E-state index in [0.29, 0.717) is 19.4 Å². The normalized spacial score (nSPS) is 13.2. The first kappa shape index (κ1) is 14.1. The zero-order valence-electron chi connectivity index (χ0n) is 8.63. The number of aliphatic carboxylic acids is 1. The van der Waals surface area contributed by atoms with E-state index in [1.54, 1.807) is 5.43 Å². The fourth-order valence-electron chi connectivity index (χ4n) is 1.02. The minimum Gasteiger partial charge on any atom is -0.480 e. The van der Waals surface area contributed by atoms with E-state index < -0.39 is 23.0 Å². The Morgan fingerprint density at radius 3 is 2.62 bits per heavy atom. The summed E-state index contributed by atoms with van der Waals surface area (Å²) in [5.41, 5.74) is 12.0. The fourth-order valence-corrected chi connectivity index (χ4v) is 1.02. The number of hydrogen-bond acceptors (Lipinski definition) is 5. The summed E-state index contributed by atoms with van der Waals surface area (Å²) in [6, 6.07) is -1.08. The molecular formula is C7H15N5O4. The van der Waals surface area contributed by atoms with Crippen molar-refractivity contribution in [3.63, 3.8) is 0 Å². The summed E-state index contributed by atoms with van der Waals surface area (Å²) in [5.74, 6) is -1.70. The van der Waals surface area contributed by atoms with Crippen molar-refractivity contribution in [2.75, 3.05) is 6.54 Å². The van der Waals surface area contributed by atoms with Crippen molar-refractivity contribution in [1.82, 2.24) is 5.43 Å². The Morgan fingerprint density at radius 1 is 1.56 bits per heavy atom. The van der Waals surface area contributed by atoms with Gasteiger partial charge in [-0.15, -0.1) is 0 Å². The van der Waals surface area contributed by atoms with Gasteiger partial charge in [0.15, 0.2) is 11.1 Å². The van der Waals surface area contributed by atoms with Gasteiger partial charge in [0.1, 0.15) is 0 Å². The number of nitrogens with zero attached hydrogens (tertiary/aromatic N) is 2. The molecule has 0 rings (SSSR count).